The average molecular weight is 402 g/mol. The molecule has 0 radical (unpaired) electrons. The van der Waals surface area contributed by atoms with E-state index in [1.807, 2.05) is 24.0 Å². The molecule has 0 atom stereocenters. The molecule has 1 aliphatic heterocycles. The Morgan fingerprint density at radius 2 is 1.57 bits per heavy atom. The van der Waals surface area contributed by atoms with Crippen LogP contribution in [0.1, 0.15) is 17.5 Å². The molecular formula is C21H27N3O3S. The molecule has 3 rings (SSSR count). The van der Waals surface area contributed by atoms with Crippen LogP contribution in [0.4, 0.5) is 5.69 Å². The molecule has 1 heterocycles. The number of piperazine rings is 1. The second-order valence-corrected chi connectivity index (χ2v) is 8.98. The first-order valence-electron chi connectivity index (χ1n) is 9.48. The van der Waals surface area contributed by atoms with Gasteiger partial charge in [0.25, 0.3) is 10.0 Å². The van der Waals surface area contributed by atoms with Gasteiger partial charge in [-0.25, -0.2) is 8.42 Å². The van der Waals surface area contributed by atoms with E-state index in [4.69, 9.17) is 0 Å². The van der Waals surface area contributed by atoms with Crippen LogP contribution in [-0.2, 0) is 21.2 Å². The summed E-state index contributed by atoms with van der Waals surface area (Å²) >= 11 is 0. The number of nitrogens with zero attached hydrogens (tertiary/aromatic N) is 2. The number of hydrogen-bond donors (Lipinski definition) is 1. The normalized spacial score (nSPS) is 15.4. The van der Waals surface area contributed by atoms with Crippen molar-refractivity contribution in [3.63, 3.8) is 0 Å². The number of nitrogens with one attached hydrogen (secondary N) is 1. The van der Waals surface area contributed by atoms with Gasteiger partial charge in [-0.05, 0) is 50.2 Å². The van der Waals surface area contributed by atoms with Crippen molar-refractivity contribution < 1.29 is 13.2 Å². The van der Waals surface area contributed by atoms with Gasteiger partial charge in [-0.3, -0.25) is 9.52 Å². The standard InChI is InChI=1S/C21H27N3O3S/c1-17-3-8-19(9-4-17)22-28(26,27)20-10-5-18(6-11-20)7-12-21(25)24-15-13-23(2)14-16-24/h3-6,8-11,22H,7,12-16H2,1-2H3. The minimum Gasteiger partial charge on any atom is -0.340 e. The van der Waals surface area contributed by atoms with Gasteiger partial charge in [0.05, 0.1) is 4.90 Å². The predicted octanol–water partition coefficient (Wildman–Crippen LogP) is 2.50. The Morgan fingerprint density at radius 3 is 2.18 bits per heavy atom. The van der Waals surface area contributed by atoms with Gasteiger partial charge in [0.1, 0.15) is 0 Å². The van der Waals surface area contributed by atoms with E-state index in [0.717, 1.165) is 37.3 Å². The monoisotopic (exact) mass is 401 g/mol. The molecule has 0 aliphatic carbocycles. The zero-order valence-corrected chi connectivity index (χ0v) is 17.2. The number of sulfonamides is 1. The van der Waals surface area contributed by atoms with Gasteiger partial charge in [0, 0.05) is 38.3 Å². The highest BCUT2D eigenvalue weighted by atomic mass is 32.2. The van der Waals surface area contributed by atoms with Crippen LogP contribution in [0.15, 0.2) is 53.4 Å². The molecule has 0 bridgehead atoms. The smallest absolute Gasteiger partial charge is 0.261 e. The summed E-state index contributed by atoms with van der Waals surface area (Å²) in [5.74, 6) is 0.158. The van der Waals surface area contributed by atoms with E-state index in [1.54, 1.807) is 36.4 Å². The highest BCUT2D eigenvalue weighted by Crippen LogP contribution is 2.18. The lowest BCUT2D eigenvalue weighted by molar-refractivity contribution is -0.132. The molecule has 0 spiro atoms. The third kappa shape index (κ3) is 5.33. The van der Waals surface area contributed by atoms with Gasteiger partial charge >= 0.3 is 0 Å². The van der Waals surface area contributed by atoms with Crippen molar-refractivity contribution in [2.24, 2.45) is 0 Å². The molecule has 7 heteroatoms. The zero-order valence-electron chi connectivity index (χ0n) is 16.4. The summed E-state index contributed by atoms with van der Waals surface area (Å²) < 4.78 is 27.6. The second kappa shape index (κ2) is 8.75. The molecule has 2 aromatic carbocycles. The molecule has 2 aromatic rings. The van der Waals surface area contributed by atoms with E-state index >= 15 is 0 Å². The van der Waals surface area contributed by atoms with Gasteiger partial charge in [-0.1, -0.05) is 29.8 Å². The third-order valence-corrected chi connectivity index (χ3v) is 6.42. The van der Waals surface area contributed by atoms with Gasteiger partial charge in [0.2, 0.25) is 5.91 Å². The van der Waals surface area contributed by atoms with Crippen LogP contribution in [0.3, 0.4) is 0 Å². The molecule has 0 saturated carbocycles. The Bertz CT molecular complexity index is 901. The number of carbonyl (C=O) groups excluding carboxylic acids is 1. The van der Waals surface area contributed by atoms with E-state index in [0.29, 0.717) is 18.5 Å². The summed E-state index contributed by atoms with van der Waals surface area (Å²) in [4.78, 5) is 16.7. The van der Waals surface area contributed by atoms with Crippen molar-refractivity contribution >= 4 is 21.6 Å². The maximum atomic E-state index is 12.5. The number of benzene rings is 2. The minimum atomic E-state index is -3.63. The molecular weight excluding hydrogens is 374 g/mol. The summed E-state index contributed by atoms with van der Waals surface area (Å²) in [6, 6.07) is 13.9. The van der Waals surface area contributed by atoms with Crippen molar-refractivity contribution in [3.8, 4) is 0 Å². The first-order chi connectivity index (χ1) is 13.3. The highest BCUT2D eigenvalue weighted by molar-refractivity contribution is 7.92. The van der Waals surface area contributed by atoms with Crippen molar-refractivity contribution in [1.82, 2.24) is 9.80 Å². The fourth-order valence-corrected chi connectivity index (χ4v) is 4.19. The number of carbonyl (C=O) groups is 1. The fraction of sp³-hybridized carbons (Fsp3) is 0.381. The molecule has 1 N–H and O–H groups in total. The van der Waals surface area contributed by atoms with Crippen molar-refractivity contribution in [1.29, 1.82) is 0 Å². The topological polar surface area (TPSA) is 69.7 Å². The third-order valence-electron chi connectivity index (χ3n) is 5.02. The number of hydrogen-bond acceptors (Lipinski definition) is 4. The van der Waals surface area contributed by atoms with E-state index in [2.05, 4.69) is 16.7 Å². The lowest BCUT2D eigenvalue weighted by Crippen LogP contribution is -2.47. The Hall–Kier alpha value is -2.38. The fourth-order valence-electron chi connectivity index (χ4n) is 3.14. The first kappa shape index (κ1) is 20.4. The number of amides is 1. The van der Waals surface area contributed by atoms with Crippen LogP contribution in [0.2, 0.25) is 0 Å². The first-order valence-corrected chi connectivity index (χ1v) is 11.0. The number of anilines is 1. The molecule has 0 unspecified atom stereocenters. The molecule has 0 aromatic heterocycles. The maximum Gasteiger partial charge on any atom is 0.261 e. The van der Waals surface area contributed by atoms with Gasteiger partial charge in [-0.2, -0.15) is 0 Å². The van der Waals surface area contributed by atoms with Gasteiger partial charge < -0.3 is 9.80 Å². The Balaban J connectivity index is 1.56. The average Bonchev–Trinajstić information content (AvgIpc) is 2.68. The molecule has 150 valence electrons. The van der Waals surface area contributed by atoms with E-state index < -0.39 is 10.0 Å². The minimum absolute atomic E-state index is 0.158. The summed E-state index contributed by atoms with van der Waals surface area (Å²) in [6.07, 6.45) is 1.05. The number of likely N-dealkylation sites (N-methyl/N-ethyl adjacent to an activating group) is 1. The molecule has 1 amide bonds. The second-order valence-electron chi connectivity index (χ2n) is 7.30. The molecule has 1 fully saturated rings. The lowest BCUT2D eigenvalue weighted by Gasteiger charge is -2.32. The lowest BCUT2D eigenvalue weighted by atomic mass is 10.1. The summed E-state index contributed by atoms with van der Waals surface area (Å²) in [5, 5.41) is 0. The Labute approximate surface area is 167 Å². The summed E-state index contributed by atoms with van der Waals surface area (Å²) in [5.41, 5.74) is 2.56. The van der Waals surface area contributed by atoms with Crippen molar-refractivity contribution in [2.45, 2.75) is 24.7 Å². The predicted molar refractivity (Wildman–Crippen MR) is 111 cm³/mol. The zero-order chi connectivity index (χ0) is 20.1. The van der Waals surface area contributed by atoms with E-state index in [-0.39, 0.29) is 10.8 Å². The molecule has 28 heavy (non-hydrogen) atoms. The Kier molecular flexibility index (Phi) is 6.36. The number of aryl methyl sites for hydroxylation is 2. The van der Waals surface area contributed by atoms with Crippen LogP contribution in [-0.4, -0.2) is 57.4 Å². The van der Waals surface area contributed by atoms with Crippen LogP contribution >= 0.6 is 0 Å². The molecule has 1 aliphatic rings. The summed E-state index contributed by atoms with van der Waals surface area (Å²) in [7, 11) is -1.57. The SMILES string of the molecule is Cc1ccc(NS(=O)(=O)c2ccc(CCC(=O)N3CCN(C)CC3)cc2)cc1. The van der Waals surface area contributed by atoms with E-state index in [9.17, 15) is 13.2 Å². The summed E-state index contributed by atoms with van der Waals surface area (Å²) in [6.45, 7) is 5.32. The van der Waals surface area contributed by atoms with Crippen LogP contribution < -0.4 is 4.72 Å². The largest absolute Gasteiger partial charge is 0.340 e. The highest BCUT2D eigenvalue weighted by Gasteiger charge is 2.19. The van der Waals surface area contributed by atoms with Crippen LogP contribution in [0.5, 0.6) is 0 Å². The quantitative estimate of drug-likeness (QED) is 0.807. The van der Waals surface area contributed by atoms with Crippen molar-refractivity contribution in [2.75, 3.05) is 37.9 Å². The van der Waals surface area contributed by atoms with Crippen LogP contribution in [0.25, 0.3) is 0 Å². The Morgan fingerprint density at radius 1 is 0.964 bits per heavy atom. The molecule has 6 nitrogen and oxygen atoms in total. The van der Waals surface area contributed by atoms with Gasteiger partial charge in [-0.15, -0.1) is 0 Å². The van der Waals surface area contributed by atoms with E-state index in [1.165, 1.54) is 0 Å². The van der Waals surface area contributed by atoms with Gasteiger partial charge in [0.15, 0.2) is 0 Å². The molecule has 1 saturated heterocycles. The van der Waals surface area contributed by atoms with Crippen molar-refractivity contribution in [3.05, 3.63) is 59.7 Å². The maximum absolute atomic E-state index is 12.5. The number of rotatable bonds is 6. The van der Waals surface area contributed by atoms with Crippen LogP contribution in [0, 0.1) is 6.92 Å².